The van der Waals surface area contributed by atoms with Crippen molar-refractivity contribution in [2.45, 2.75) is 25.8 Å². The van der Waals surface area contributed by atoms with Crippen molar-refractivity contribution < 1.29 is 4.79 Å². The number of amides is 1. The minimum Gasteiger partial charge on any atom is -0.336 e. The fraction of sp³-hybridized carbons (Fsp3) is 0.583. The van der Waals surface area contributed by atoms with Crippen LogP contribution >= 0.6 is 11.3 Å². The Bertz CT molecular complexity index is 375. The second kappa shape index (κ2) is 4.97. The van der Waals surface area contributed by atoms with E-state index in [9.17, 15) is 4.79 Å². The van der Waals surface area contributed by atoms with Gasteiger partial charge in [-0.15, -0.1) is 11.3 Å². The van der Waals surface area contributed by atoms with Crippen LogP contribution in [0.15, 0.2) is 11.4 Å². The van der Waals surface area contributed by atoms with Crippen molar-refractivity contribution in [3.8, 4) is 0 Å². The summed E-state index contributed by atoms with van der Waals surface area (Å²) in [5, 5.41) is 5.25. The molecule has 0 spiro atoms. The summed E-state index contributed by atoms with van der Waals surface area (Å²) in [7, 11) is 1.97. The van der Waals surface area contributed by atoms with E-state index < -0.39 is 0 Å². The third-order valence-corrected chi connectivity index (χ3v) is 4.18. The number of rotatable bonds is 2. The lowest BCUT2D eigenvalue weighted by atomic mass is 10.1. The van der Waals surface area contributed by atoms with Crippen molar-refractivity contribution in [3.05, 3.63) is 21.9 Å². The van der Waals surface area contributed by atoms with Gasteiger partial charge < -0.3 is 10.2 Å². The summed E-state index contributed by atoms with van der Waals surface area (Å²) >= 11 is 1.55. The van der Waals surface area contributed by atoms with Crippen LogP contribution in [0, 0.1) is 6.92 Å². The van der Waals surface area contributed by atoms with Crippen LogP contribution in [0.25, 0.3) is 0 Å². The largest absolute Gasteiger partial charge is 0.336 e. The number of nitrogens with one attached hydrogen (secondary N) is 1. The number of aryl methyl sites for hydroxylation is 1. The smallest absolute Gasteiger partial charge is 0.264 e. The van der Waals surface area contributed by atoms with Crippen LogP contribution in [-0.4, -0.2) is 37.0 Å². The predicted octanol–water partition coefficient (Wildman–Crippen LogP) is 1.88. The molecule has 0 aromatic carbocycles. The molecule has 0 radical (unpaired) electrons. The van der Waals surface area contributed by atoms with Gasteiger partial charge in [-0.3, -0.25) is 4.79 Å². The molecule has 1 atom stereocenters. The van der Waals surface area contributed by atoms with Crippen molar-refractivity contribution in [2.75, 3.05) is 20.1 Å². The molecule has 16 heavy (non-hydrogen) atoms. The van der Waals surface area contributed by atoms with Gasteiger partial charge in [-0.2, -0.15) is 0 Å². The highest BCUT2D eigenvalue weighted by molar-refractivity contribution is 7.12. The second-order valence-corrected chi connectivity index (χ2v) is 5.23. The lowest BCUT2D eigenvalue weighted by Gasteiger charge is -2.32. The first-order valence-corrected chi connectivity index (χ1v) is 6.61. The molecule has 0 bridgehead atoms. The maximum atomic E-state index is 12.3. The highest BCUT2D eigenvalue weighted by Crippen LogP contribution is 2.20. The highest BCUT2D eigenvalue weighted by atomic mass is 32.1. The Labute approximate surface area is 100 Å². The van der Waals surface area contributed by atoms with Gasteiger partial charge in [-0.1, -0.05) is 0 Å². The van der Waals surface area contributed by atoms with E-state index in [2.05, 4.69) is 5.32 Å². The normalized spacial score (nSPS) is 21.1. The zero-order valence-electron chi connectivity index (χ0n) is 9.82. The van der Waals surface area contributed by atoms with Gasteiger partial charge in [0.1, 0.15) is 0 Å². The van der Waals surface area contributed by atoms with Crippen LogP contribution in [0.4, 0.5) is 0 Å². The second-order valence-electron chi connectivity index (χ2n) is 4.31. The van der Waals surface area contributed by atoms with E-state index >= 15 is 0 Å². The van der Waals surface area contributed by atoms with E-state index in [0.29, 0.717) is 6.04 Å². The number of hydrogen-bond acceptors (Lipinski definition) is 3. The van der Waals surface area contributed by atoms with E-state index in [-0.39, 0.29) is 5.91 Å². The van der Waals surface area contributed by atoms with Crippen molar-refractivity contribution >= 4 is 17.2 Å². The molecule has 1 amide bonds. The Hall–Kier alpha value is -0.870. The predicted molar refractivity (Wildman–Crippen MR) is 67.0 cm³/mol. The summed E-state index contributed by atoms with van der Waals surface area (Å²) in [6, 6.07) is 2.47. The number of piperidine rings is 1. The van der Waals surface area contributed by atoms with Crippen molar-refractivity contribution in [3.63, 3.8) is 0 Å². The molecular formula is C12H18N2OS. The quantitative estimate of drug-likeness (QED) is 0.853. The first kappa shape index (κ1) is 11.6. The van der Waals surface area contributed by atoms with Crippen molar-refractivity contribution in [1.29, 1.82) is 0 Å². The number of likely N-dealkylation sites (tertiary alicyclic amines) is 1. The molecule has 4 heteroatoms. The molecule has 0 saturated carbocycles. The average Bonchev–Trinajstić information content (AvgIpc) is 2.74. The van der Waals surface area contributed by atoms with E-state index in [1.54, 1.807) is 11.3 Å². The SMILES string of the molecule is CN[C@H]1CCCN(C(=O)c2sccc2C)C1. The maximum absolute atomic E-state index is 12.3. The fourth-order valence-electron chi connectivity index (χ4n) is 2.13. The number of carbonyl (C=O) groups excluding carboxylic acids is 1. The topological polar surface area (TPSA) is 32.3 Å². The average molecular weight is 238 g/mol. The van der Waals surface area contributed by atoms with Gasteiger partial charge in [0.25, 0.3) is 5.91 Å². The number of nitrogens with zero attached hydrogens (tertiary/aromatic N) is 1. The van der Waals surface area contributed by atoms with Gasteiger partial charge in [0.05, 0.1) is 4.88 Å². The Morgan fingerprint density at radius 3 is 3.06 bits per heavy atom. The first-order chi connectivity index (χ1) is 7.72. The van der Waals surface area contributed by atoms with Crippen LogP contribution in [0.3, 0.4) is 0 Å². The standard InChI is InChI=1S/C12H18N2OS/c1-9-5-7-16-11(9)12(15)14-6-3-4-10(8-14)13-2/h5,7,10,13H,3-4,6,8H2,1-2H3/t10-/m0/s1. The van der Waals surface area contributed by atoms with Crippen LogP contribution < -0.4 is 5.32 Å². The van der Waals surface area contributed by atoms with Crippen LogP contribution in [0.1, 0.15) is 28.1 Å². The Kier molecular flexibility index (Phi) is 3.61. The summed E-state index contributed by atoms with van der Waals surface area (Å²) < 4.78 is 0. The molecule has 0 unspecified atom stereocenters. The van der Waals surface area contributed by atoms with Gasteiger partial charge in [-0.25, -0.2) is 0 Å². The molecule has 88 valence electrons. The van der Waals surface area contributed by atoms with Gasteiger partial charge in [-0.05, 0) is 43.8 Å². The van der Waals surface area contributed by atoms with Gasteiger partial charge in [0, 0.05) is 19.1 Å². The molecule has 1 aliphatic heterocycles. The third-order valence-electron chi connectivity index (χ3n) is 3.17. The number of carbonyl (C=O) groups is 1. The zero-order valence-corrected chi connectivity index (χ0v) is 10.6. The van der Waals surface area contributed by atoms with Crippen LogP contribution in [0.5, 0.6) is 0 Å². The minimum atomic E-state index is 0.201. The van der Waals surface area contributed by atoms with Gasteiger partial charge in [0.15, 0.2) is 0 Å². The Morgan fingerprint density at radius 2 is 2.44 bits per heavy atom. The third kappa shape index (κ3) is 2.28. The molecule has 2 rings (SSSR count). The molecule has 1 fully saturated rings. The molecule has 1 aliphatic rings. The van der Waals surface area contributed by atoms with Gasteiger partial charge in [0.2, 0.25) is 0 Å². The Balaban J connectivity index is 2.07. The summed E-state index contributed by atoms with van der Waals surface area (Å²) in [6.45, 7) is 3.74. The van der Waals surface area contributed by atoms with E-state index in [1.807, 2.05) is 30.3 Å². The van der Waals surface area contributed by atoms with Crippen LogP contribution in [-0.2, 0) is 0 Å². The fourth-order valence-corrected chi connectivity index (χ4v) is 3.02. The summed E-state index contributed by atoms with van der Waals surface area (Å²) in [6.07, 6.45) is 2.27. The molecule has 1 aromatic rings. The molecular weight excluding hydrogens is 220 g/mol. The lowest BCUT2D eigenvalue weighted by molar-refractivity contribution is 0.0702. The maximum Gasteiger partial charge on any atom is 0.264 e. The number of thiophene rings is 1. The van der Waals surface area contributed by atoms with E-state index in [1.165, 1.54) is 6.42 Å². The molecule has 0 aliphatic carbocycles. The van der Waals surface area contributed by atoms with Crippen molar-refractivity contribution in [2.24, 2.45) is 0 Å². The molecule has 1 N–H and O–H groups in total. The van der Waals surface area contributed by atoms with Crippen LogP contribution in [0.2, 0.25) is 0 Å². The zero-order chi connectivity index (χ0) is 11.5. The number of likely N-dealkylation sites (N-methyl/N-ethyl adjacent to an activating group) is 1. The molecule has 3 nitrogen and oxygen atoms in total. The first-order valence-electron chi connectivity index (χ1n) is 5.73. The molecule has 1 saturated heterocycles. The summed E-state index contributed by atoms with van der Waals surface area (Å²) in [5.74, 6) is 0.201. The van der Waals surface area contributed by atoms with E-state index in [4.69, 9.17) is 0 Å². The molecule has 1 aromatic heterocycles. The highest BCUT2D eigenvalue weighted by Gasteiger charge is 2.24. The summed E-state index contributed by atoms with van der Waals surface area (Å²) in [4.78, 5) is 15.1. The van der Waals surface area contributed by atoms with Crippen molar-refractivity contribution in [1.82, 2.24) is 10.2 Å². The van der Waals surface area contributed by atoms with Gasteiger partial charge >= 0.3 is 0 Å². The lowest BCUT2D eigenvalue weighted by Crippen LogP contribution is -2.46. The Morgan fingerprint density at radius 1 is 1.62 bits per heavy atom. The number of hydrogen-bond donors (Lipinski definition) is 1. The van der Waals surface area contributed by atoms with E-state index in [0.717, 1.165) is 30.0 Å². The summed E-state index contributed by atoms with van der Waals surface area (Å²) in [5.41, 5.74) is 1.10. The molecule has 2 heterocycles. The minimum absolute atomic E-state index is 0.201. The monoisotopic (exact) mass is 238 g/mol.